The smallest absolute Gasteiger partial charge is 0.191 e. The maximum atomic E-state index is 5.96. The lowest BCUT2D eigenvalue weighted by molar-refractivity contribution is 0.0376. The number of aliphatic imine (C=N–C) groups is 1. The Balaban J connectivity index is 1.74. The molecule has 1 aromatic rings. The van der Waals surface area contributed by atoms with Crippen molar-refractivity contribution in [1.29, 1.82) is 0 Å². The number of para-hydroxylation sites is 2. The van der Waals surface area contributed by atoms with Crippen molar-refractivity contribution in [1.82, 2.24) is 15.5 Å². The summed E-state index contributed by atoms with van der Waals surface area (Å²) < 4.78 is 16.7. The van der Waals surface area contributed by atoms with Crippen LogP contribution >= 0.6 is 0 Å². The Bertz CT molecular complexity index is 562. The summed E-state index contributed by atoms with van der Waals surface area (Å²) in [5.41, 5.74) is 0. The molecule has 1 aromatic carbocycles. The van der Waals surface area contributed by atoms with E-state index in [1.807, 2.05) is 31.2 Å². The minimum absolute atomic E-state index is 0.0508. The second-order valence-corrected chi connectivity index (χ2v) is 6.53. The second-order valence-electron chi connectivity index (χ2n) is 6.53. The highest BCUT2D eigenvalue weighted by atomic mass is 16.5. The Hall–Kier alpha value is -1.99. The third-order valence-electron chi connectivity index (χ3n) is 4.30. The number of nitrogens with one attached hydrogen (secondary N) is 2. The zero-order chi connectivity index (χ0) is 19.3. The number of hydrogen-bond donors (Lipinski definition) is 2. The molecule has 1 heterocycles. The molecule has 0 amide bonds. The molecule has 0 bridgehead atoms. The summed E-state index contributed by atoms with van der Waals surface area (Å²) in [6, 6.07) is 7.67. The first kappa shape index (κ1) is 21.3. The summed E-state index contributed by atoms with van der Waals surface area (Å²) in [6.45, 7) is 11.2. The number of rotatable bonds is 10. The van der Waals surface area contributed by atoms with Gasteiger partial charge in [0.05, 0.1) is 26.9 Å². The van der Waals surface area contributed by atoms with Gasteiger partial charge in [-0.25, -0.2) is 4.99 Å². The normalized spacial score (nSPS) is 16.6. The summed E-state index contributed by atoms with van der Waals surface area (Å²) in [5.74, 6) is 2.31. The Kier molecular flexibility index (Phi) is 9.79. The average Bonchev–Trinajstić information content (AvgIpc) is 2.70. The van der Waals surface area contributed by atoms with Gasteiger partial charge in [-0.3, -0.25) is 4.90 Å². The maximum absolute atomic E-state index is 5.96. The lowest BCUT2D eigenvalue weighted by Crippen LogP contribution is -2.41. The molecule has 1 fully saturated rings. The van der Waals surface area contributed by atoms with Gasteiger partial charge in [0.15, 0.2) is 17.5 Å². The van der Waals surface area contributed by atoms with Crippen molar-refractivity contribution >= 4 is 5.96 Å². The number of morpholine rings is 1. The third kappa shape index (κ3) is 8.05. The predicted molar refractivity (Wildman–Crippen MR) is 109 cm³/mol. The number of benzene rings is 1. The van der Waals surface area contributed by atoms with Crippen molar-refractivity contribution in [2.75, 3.05) is 59.6 Å². The van der Waals surface area contributed by atoms with Gasteiger partial charge in [-0.05, 0) is 38.9 Å². The van der Waals surface area contributed by atoms with Gasteiger partial charge in [0.2, 0.25) is 0 Å². The average molecular weight is 379 g/mol. The molecule has 1 saturated heterocycles. The molecule has 27 heavy (non-hydrogen) atoms. The zero-order valence-electron chi connectivity index (χ0n) is 16.9. The van der Waals surface area contributed by atoms with Gasteiger partial charge in [0, 0.05) is 26.2 Å². The lowest BCUT2D eigenvalue weighted by Gasteiger charge is -2.26. The van der Waals surface area contributed by atoms with Gasteiger partial charge in [-0.2, -0.15) is 0 Å². The van der Waals surface area contributed by atoms with E-state index in [9.17, 15) is 0 Å². The second kappa shape index (κ2) is 12.4. The van der Waals surface area contributed by atoms with Crippen LogP contribution in [-0.2, 0) is 4.74 Å². The fourth-order valence-electron chi connectivity index (χ4n) is 2.87. The molecule has 0 aromatic heterocycles. The van der Waals surface area contributed by atoms with E-state index in [4.69, 9.17) is 14.2 Å². The Morgan fingerprint density at radius 1 is 1.22 bits per heavy atom. The summed E-state index contributed by atoms with van der Waals surface area (Å²) in [5, 5.41) is 6.69. The highest BCUT2D eigenvalue weighted by Crippen LogP contribution is 2.26. The molecule has 0 aliphatic carbocycles. The van der Waals surface area contributed by atoms with E-state index in [0.29, 0.717) is 6.54 Å². The van der Waals surface area contributed by atoms with E-state index in [1.165, 1.54) is 0 Å². The molecular weight excluding hydrogens is 344 g/mol. The number of ether oxygens (including phenoxy) is 3. The molecule has 0 saturated carbocycles. The van der Waals surface area contributed by atoms with Crippen LogP contribution in [0.3, 0.4) is 0 Å². The van der Waals surface area contributed by atoms with Crippen LogP contribution in [-0.4, -0.2) is 76.6 Å². The van der Waals surface area contributed by atoms with Crippen molar-refractivity contribution in [3.63, 3.8) is 0 Å². The minimum Gasteiger partial charge on any atom is -0.493 e. The van der Waals surface area contributed by atoms with Gasteiger partial charge >= 0.3 is 0 Å². The number of methoxy groups -OCH3 is 1. The van der Waals surface area contributed by atoms with Crippen LogP contribution in [0.2, 0.25) is 0 Å². The van der Waals surface area contributed by atoms with Crippen LogP contribution in [0.1, 0.15) is 20.3 Å². The molecule has 2 rings (SSSR count). The van der Waals surface area contributed by atoms with Crippen molar-refractivity contribution in [3.8, 4) is 11.5 Å². The van der Waals surface area contributed by atoms with E-state index in [1.54, 1.807) is 7.11 Å². The SMILES string of the molecule is CCNC(=NCC(C)Oc1ccccc1OC)NCCCN1CCOCC1. The molecule has 1 aliphatic rings. The van der Waals surface area contributed by atoms with Crippen LogP contribution in [0, 0.1) is 0 Å². The topological polar surface area (TPSA) is 67.4 Å². The molecule has 152 valence electrons. The van der Waals surface area contributed by atoms with Crippen molar-refractivity contribution in [3.05, 3.63) is 24.3 Å². The van der Waals surface area contributed by atoms with E-state index in [2.05, 4.69) is 27.4 Å². The third-order valence-corrected chi connectivity index (χ3v) is 4.30. The van der Waals surface area contributed by atoms with Gasteiger partial charge in [-0.1, -0.05) is 12.1 Å². The van der Waals surface area contributed by atoms with Crippen molar-refractivity contribution < 1.29 is 14.2 Å². The number of nitrogens with zero attached hydrogens (tertiary/aromatic N) is 2. The van der Waals surface area contributed by atoms with E-state index >= 15 is 0 Å². The molecule has 1 aliphatic heterocycles. The summed E-state index contributed by atoms with van der Waals surface area (Å²) in [7, 11) is 1.65. The zero-order valence-corrected chi connectivity index (χ0v) is 16.9. The Morgan fingerprint density at radius 3 is 2.67 bits per heavy atom. The molecule has 1 atom stereocenters. The van der Waals surface area contributed by atoms with Crippen LogP contribution < -0.4 is 20.1 Å². The fourth-order valence-corrected chi connectivity index (χ4v) is 2.87. The number of guanidine groups is 1. The van der Waals surface area contributed by atoms with E-state index < -0.39 is 0 Å². The van der Waals surface area contributed by atoms with Gasteiger partial charge in [0.25, 0.3) is 0 Å². The quantitative estimate of drug-likeness (QED) is 0.367. The first-order valence-electron chi connectivity index (χ1n) is 9.85. The molecule has 0 spiro atoms. The lowest BCUT2D eigenvalue weighted by atomic mass is 10.3. The highest BCUT2D eigenvalue weighted by molar-refractivity contribution is 5.79. The van der Waals surface area contributed by atoms with Crippen LogP contribution in [0.25, 0.3) is 0 Å². The summed E-state index contributed by atoms with van der Waals surface area (Å²) >= 11 is 0. The minimum atomic E-state index is -0.0508. The van der Waals surface area contributed by atoms with Gasteiger partial charge in [0.1, 0.15) is 6.10 Å². The Labute approximate surface area is 163 Å². The summed E-state index contributed by atoms with van der Waals surface area (Å²) in [4.78, 5) is 7.09. The first-order valence-corrected chi connectivity index (χ1v) is 9.85. The Morgan fingerprint density at radius 2 is 1.96 bits per heavy atom. The molecule has 7 nitrogen and oxygen atoms in total. The first-order chi connectivity index (χ1) is 13.2. The maximum Gasteiger partial charge on any atom is 0.191 e. The van der Waals surface area contributed by atoms with Gasteiger partial charge < -0.3 is 24.8 Å². The predicted octanol–water partition coefficient (Wildman–Crippen LogP) is 1.74. The fraction of sp³-hybridized carbons (Fsp3) is 0.650. The van der Waals surface area contributed by atoms with Crippen molar-refractivity contribution in [2.24, 2.45) is 4.99 Å². The van der Waals surface area contributed by atoms with E-state index in [-0.39, 0.29) is 6.10 Å². The standard InChI is InChI=1S/C20H34N4O3/c1-4-21-20(22-10-7-11-24-12-14-26-15-13-24)23-16-17(2)27-19-9-6-5-8-18(19)25-3/h5-6,8-9,17H,4,7,10-16H2,1-3H3,(H2,21,22,23). The van der Waals surface area contributed by atoms with Gasteiger partial charge in [-0.15, -0.1) is 0 Å². The van der Waals surface area contributed by atoms with Crippen LogP contribution in [0.5, 0.6) is 11.5 Å². The van der Waals surface area contributed by atoms with Crippen LogP contribution in [0.4, 0.5) is 0 Å². The number of hydrogen-bond acceptors (Lipinski definition) is 5. The highest BCUT2D eigenvalue weighted by Gasteiger charge is 2.10. The molecule has 0 radical (unpaired) electrons. The monoisotopic (exact) mass is 378 g/mol. The largest absolute Gasteiger partial charge is 0.493 e. The van der Waals surface area contributed by atoms with Crippen LogP contribution in [0.15, 0.2) is 29.3 Å². The molecular formula is C20H34N4O3. The molecule has 2 N–H and O–H groups in total. The molecule has 1 unspecified atom stereocenters. The summed E-state index contributed by atoms with van der Waals surface area (Å²) in [6.07, 6.45) is 1.03. The molecule has 7 heteroatoms. The van der Waals surface area contributed by atoms with E-state index in [0.717, 1.165) is 69.8 Å². The van der Waals surface area contributed by atoms with Crippen molar-refractivity contribution in [2.45, 2.75) is 26.4 Å².